The van der Waals surface area contributed by atoms with Gasteiger partial charge in [0, 0.05) is 16.7 Å². The molecule has 1 atom stereocenters. The highest BCUT2D eigenvalue weighted by Gasteiger charge is 2.08. The Bertz CT molecular complexity index is 658. The minimum absolute atomic E-state index is 0.247. The molecule has 0 aromatic heterocycles. The first kappa shape index (κ1) is 17.6. The molecule has 0 bridgehead atoms. The largest absolute Gasteiger partial charge is 0.491 e. The molecular formula is C19H22BrNO2. The third-order valence-corrected chi connectivity index (χ3v) is 3.98. The molecule has 0 spiro atoms. The van der Waals surface area contributed by atoms with Gasteiger partial charge in [-0.1, -0.05) is 40.2 Å². The normalized spacial score (nSPS) is 11.8. The van der Waals surface area contributed by atoms with Crippen LogP contribution < -0.4 is 10.1 Å². The zero-order valence-electron chi connectivity index (χ0n) is 13.3. The molecule has 4 heteroatoms. The molecule has 0 aliphatic rings. The molecule has 2 N–H and O–H groups in total. The predicted molar refractivity (Wildman–Crippen MR) is 99.2 cm³/mol. The van der Waals surface area contributed by atoms with Crippen molar-refractivity contribution >= 4 is 21.6 Å². The minimum Gasteiger partial charge on any atom is -0.491 e. The number of para-hydroxylation sites is 1. The number of anilines is 1. The Labute approximate surface area is 146 Å². The highest BCUT2D eigenvalue weighted by Crippen LogP contribution is 2.21. The molecule has 122 valence electrons. The van der Waals surface area contributed by atoms with Gasteiger partial charge in [-0.2, -0.15) is 0 Å². The monoisotopic (exact) mass is 375 g/mol. The quantitative estimate of drug-likeness (QED) is 0.674. The summed E-state index contributed by atoms with van der Waals surface area (Å²) in [5.41, 5.74) is 3.22. The number of benzene rings is 2. The average molecular weight is 376 g/mol. The molecular weight excluding hydrogens is 354 g/mol. The van der Waals surface area contributed by atoms with Crippen molar-refractivity contribution < 1.29 is 9.84 Å². The van der Waals surface area contributed by atoms with Gasteiger partial charge in [0.25, 0.3) is 0 Å². The summed E-state index contributed by atoms with van der Waals surface area (Å²) in [4.78, 5) is 0. The number of rotatable bonds is 8. The van der Waals surface area contributed by atoms with Gasteiger partial charge in [-0.15, -0.1) is 6.58 Å². The number of hydrogen-bond acceptors (Lipinski definition) is 3. The van der Waals surface area contributed by atoms with Crippen LogP contribution in [-0.4, -0.2) is 24.4 Å². The minimum atomic E-state index is -0.588. The highest BCUT2D eigenvalue weighted by atomic mass is 79.9. The Kier molecular flexibility index (Phi) is 6.68. The molecule has 3 nitrogen and oxygen atoms in total. The Morgan fingerprint density at radius 2 is 2.09 bits per heavy atom. The van der Waals surface area contributed by atoms with Gasteiger partial charge < -0.3 is 15.2 Å². The number of allylic oxidation sites excluding steroid dienone is 1. The van der Waals surface area contributed by atoms with Gasteiger partial charge in [0.15, 0.2) is 0 Å². The lowest BCUT2D eigenvalue weighted by atomic mass is 10.1. The molecule has 0 radical (unpaired) electrons. The van der Waals surface area contributed by atoms with Gasteiger partial charge in [-0.3, -0.25) is 0 Å². The number of ether oxygens (including phenoxy) is 1. The highest BCUT2D eigenvalue weighted by molar-refractivity contribution is 9.10. The summed E-state index contributed by atoms with van der Waals surface area (Å²) in [6.45, 7) is 6.46. The van der Waals surface area contributed by atoms with Crippen molar-refractivity contribution in [2.75, 3.05) is 18.5 Å². The molecule has 0 amide bonds. The number of aliphatic hydroxyl groups excluding tert-OH is 1. The number of nitrogens with one attached hydrogen (secondary N) is 1. The van der Waals surface area contributed by atoms with Gasteiger partial charge in [0.05, 0.1) is 0 Å². The van der Waals surface area contributed by atoms with E-state index in [-0.39, 0.29) is 6.61 Å². The molecule has 0 aliphatic heterocycles. The predicted octanol–water partition coefficient (Wildman–Crippen LogP) is 4.34. The maximum Gasteiger partial charge on any atom is 0.122 e. The molecule has 0 saturated heterocycles. The van der Waals surface area contributed by atoms with Crippen LogP contribution in [0, 0.1) is 6.92 Å². The lowest BCUT2D eigenvalue weighted by Gasteiger charge is -2.16. The Balaban J connectivity index is 1.85. The van der Waals surface area contributed by atoms with E-state index < -0.39 is 6.10 Å². The third kappa shape index (κ3) is 5.41. The van der Waals surface area contributed by atoms with Crippen molar-refractivity contribution in [1.29, 1.82) is 0 Å². The van der Waals surface area contributed by atoms with Crippen LogP contribution in [0.3, 0.4) is 0 Å². The molecule has 23 heavy (non-hydrogen) atoms. The first-order valence-electron chi connectivity index (χ1n) is 7.60. The van der Waals surface area contributed by atoms with Gasteiger partial charge >= 0.3 is 0 Å². The van der Waals surface area contributed by atoms with E-state index in [0.29, 0.717) is 6.54 Å². The summed E-state index contributed by atoms with van der Waals surface area (Å²) < 4.78 is 6.79. The van der Waals surface area contributed by atoms with Crippen molar-refractivity contribution in [2.45, 2.75) is 19.4 Å². The third-order valence-electron chi connectivity index (χ3n) is 3.48. The van der Waals surface area contributed by atoms with Crippen LogP contribution in [0.15, 0.2) is 59.6 Å². The summed E-state index contributed by atoms with van der Waals surface area (Å²) in [5.74, 6) is 0.797. The topological polar surface area (TPSA) is 41.5 Å². The first-order chi connectivity index (χ1) is 11.1. The second-order valence-electron chi connectivity index (χ2n) is 5.41. The maximum atomic E-state index is 10.1. The molecule has 2 rings (SSSR count). The van der Waals surface area contributed by atoms with E-state index in [0.717, 1.165) is 33.5 Å². The van der Waals surface area contributed by atoms with E-state index in [4.69, 9.17) is 4.74 Å². The van der Waals surface area contributed by atoms with Crippen molar-refractivity contribution in [3.63, 3.8) is 0 Å². The maximum absolute atomic E-state index is 10.1. The van der Waals surface area contributed by atoms with E-state index in [1.165, 1.54) is 0 Å². The summed E-state index contributed by atoms with van der Waals surface area (Å²) >= 11 is 3.44. The van der Waals surface area contributed by atoms with E-state index in [9.17, 15) is 5.11 Å². The van der Waals surface area contributed by atoms with Crippen molar-refractivity contribution in [3.05, 3.63) is 70.7 Å². The van der Waals surface area contributed by atoms with Gasteiger partial charge in [0.1, 0.15) is 18.5 Å². The smallest absolute Gasteiger partial charge is 0.122 e. The van der Waals surface area contributed by atoms with Crippen molar-refractivity contribution in [3.8, 4) is 5.75 Å². The fourth-order valence-electron chi connectivity index (χ4n) is 2.27. The summed E-state index contributed by atoms with van der Waals surface area (Å²) in [5, 5.41) is 13.4. The Morgan fingerprint density at radius 3 is 2.83 bits per heavy atom. The lowest BCUT2D eigenvalue weighted by molar-refractivity contribution is 0.117. The standard InChI is InChI=1S/C19H22BrNO2/c1-3-6-15-7-4-5-8-19(15)23-13-17(22)12-21-18-10-9-16(20)11-14(18)2/h3-5,7-11,17,21-22H,1,6,12-13H2,2H3. The van der Waals surface area contributed by atoms with Crippen LogP contribution in [0.1, 0.15) is 11.1 Å². The number of hydrogen-bond donors (Lipinski definition) is 2. The van der Waals surface area contributed by atoms with E-state index in [1.54, 1.807) is 0 Å². The molecule has 0 saturated carbocycles. The summed E-state index contributed by atoms with van der Waals surface area (Å²) in [6.07, 6.45) is 2.01. The van der Waals surface area contributed by atoms with Gasteiger partial charge in [0.2, 0.25) is 0 Å². The Morgan fingerprint density at radius 1 is 1.30 bits per heavy atom. The SMILES string of the molecule is C=CCc1ccccc1OCC(O)CNc1ccc(Br)cc1C. The summed E-state index contributed by atoms with van der Waals surface area (Å²) in [7, 11) is 0. The van der Waals surface area contributed by atoms with E-state index >= 15 is 0 Å². The second-order valence-corrected chi connectivity index (χ2v) is 6.32. The van der Waals surface area contributed by atoms with Gasteiger partial charge in [-0.05, 0) is 48.7 Å². The van der Waals surface area contributed by atoms with E-state index in [1.807, 2.05) is 55.5 Å². The van der Waals surface area contributed by atoms with Crippen LogP contribution in [0.5, 0.6) is 5.75 Å². The fourth-order valence-corrected chi connectivity index (χ4v) is 2.74. The van der Waals surface area contributed by atoms with Crippen LogP contribution in [0.4, 0.5) is 5.69 Å². The zero-order valence-corrected chi connectivity index (χ0v) is 14.8. The zero-order chi connectivity index (χ0) is 16.7. The van der Waals surface area contributed by atoms with Crippen LogP contribution in [0.25, 0.3) is 0 Å². The van der Waals surface area contributed by atoms with Crippen LogP contribution in [0.2, 0.25) is 0 Å². The van der Waals surface area contributed by atoms with Gasteiger partial charge in [-0.25, -0.2) is 0 Å². The molecule has 0 fully saturated rings. The first-order valence-corrected chi connectivity index (χ1v) is 8.39. The number of aliphatic hydroxyl groups is 1. The molecule has 2 aromatic carbocycles. The molecule has 1 unspecified atom stereocenters. The fraction of sp³-hybridized carbons (Fsp3) is 0.263. The number of aryl methyl sites for hydroxylation is 1. The second kappa shape index (κ2) is 8.75. The van der Waals surface area contributed by atoms with E-state index in [2.05, 4.69) is 27.8 Å². The van der Waals surface area contributed by atoms with Crippen molar-refractivity contribution in [2.24, 2.45) is 0 Å². The molecule has 0 heterocycles. The average Bonchev–Trinajstić information content (AvgIpc) is 2.53. The molecule has 0 aliphatic carbocycles. The van der Waals surface area contributed by atoms with Crippen LogP contribution >= 0.6 is 15.9 Å². The molecule has 2 aromatic rings. The number of halogens is 1. The van der Waals surface area contributed by atoms with Crippen LogP contribution in [-0.2, 0) is 6.42 Å². The lowest BCUT2D eigenvalue weighted by Crippen LogP contribution is -2.26. The Hall–Kier alpha value is -1.78. The summed E-state index contributed by atoms with van der Waals surface area (Å²) in [6, 6.07) is 13.8. The van der Waals surface area contributed by atoms with Crippen molar-refractivity contribution in [1.82, 2.24) is 0 Å².